The second kappa shape index (κ2) is 10.4. The molecule has 1 aliphatic rings. The number of carbonyl (C=O) groups is 2. The molecule has 0 aliphatic carbocycles. The van der Waals surface area contributed by atoms with Crippen LogP contribution in [0.25, 0.3) is 11.3 Å². The zero-order valence-electron chi connectivity index (χ0n) is 19.1. The first kappa shape index (κ1) is 24.6. The number of benzene rings is 2. The van der Waals surface area contributed by atoms with Gasteiger partial charge in [0.25, 0.3) is 5.91 Å². The number of urea groups is 1. The van der Waals surface area contributed by atoms with Crippen molar-refractivity contribution < 1.29 is 27.8 Å². The lowest BCUT2D eigenvalue weighted by atomic mass is 10.1. The molecule has 1 fully saturated rings. The molecule has 0 radical (unpaired) electrons. The van der Waals surface area contributed by atoms with Gasteiger partial charge in [-0.05, 0) is 62.4 Å². The van der Waals surface area contributed by atoms with Crippen LogP contribution in [0.3, 0.4) is 0 Å². The first-order valence-electron chi connectivity index (χ1n) is 10.9. The van der Waals surface area contributed by atoms with E-state index in [0.29, 0.717) is 48.4 Å². The quantitative estimate of drug-likeness (QED) is 0.512. The molecule has 2 heterocycles. The molecular formula is C24H24F2N4O4S. The number of carbonyl (C=O) groups excluding carboxylic acids is 2. The van der Waals surface area contributed by atoms with Crippen molar-refractivity contribution in [2.24, 2.45) is 0 Å². The molecule has 11 heteroatoms. The summed E-state index contributed by atoms with van der Waals surface area (Å²) in [6.07, 6.45) is 0. The maximum absolute atomic E-state index is 13.4. The second-order valence-corrected chi connectivity index (χ2v) is 9.29. The van der Waals surface area contributed by atoms with E-state index in [1.165, 1.54) is 36.4 Å². The molecule has 0 spiro atoms. The molecule has 0 saturated carbocycles. The standard InChI is InChI=1S/C24H24F2N4O4S/c1-24(2,29-23(32)30-11-13-33-14-12-30)21(31)28-22-27-19(15-3-5-16(25)6-4-15)20(35-22)34-18-9-7-17(26)8-10-18/h3-10H,11-14H2,1-2H3,(H,29,32)(H,27,28,31). The highest BCUT2D eigenvalue weighted by atomic mass is 32.1. The number of rotatable bonds is 6. The summed E-state index contributed by atoms with van der Waals surface area (Å²) in [5, 5.41) is 6.01. The summed E-state index contributed by atoms with van der Waals surface area (Å²) in [6, 6.07) is 10.8. The van der Waals surface area contributed by atoms with Crippen LogP contribution in [0, 0.1) is 11.6 Å². The molecule has 35 heavy (non-hydrogen) atoms. The summed E-state index contributed by atoms with van der Waals surface area (Å²) >= 11 is 1.06. The fourth-order valence-corrected chi connectivity index (χ4v) is 4.11. The Morgan fingerprint density at radius 1 is 1.03 bits per heavy atom. The van der Waals surface area contributed by atoms with Gasteiger partial charge in [-0.2, -0.15) is 0 Å². The molecule has 3 amide bonds. The lowest BCUT2D eigenvalue weighted by Gasteiger charge is -2.31. The maximum atomic E-state index is 13.4. The van der Waals surface area contributed by atoms with Crippen LogP contribution in [0.5, 0.6) is 10.8 Å². The number of morpholine rings is 1. The number of hydrogen-bond acceptors (Lipinski definition) is 6. The second-order valence-electron chi connectivity index (χ2n) is 8.33. The molecule has 184 valence electrons. The number of hydrogen-bond donors (Lipinski definition) is 2. The van der Waals surface area contributed by atoms with Gasteiger partial charge in [0.1, 0.15) is 28.6 Å². The highest BCUT2D eigenvalue weighted by molar-refractivity contribution is 7.18. The molecule has 0 bridgehead atoms. The number of anilines is 1. The minimum Gasteiger partial charge on any atom is -0.444 e. The number of nitrogens with one attached hydrogen (secondary N) is 2. The average molecular weight is 503 g/mol. The van der Waals surface area contributed by atoms with Crippen molar-refractivity contribution in [2.75, 3.05) is 31.6 Å². The van der Waals surface area contributed by atoms with E-state index in [-0.39, 0.29) is 11.2 Å². The lowest BCUT2D eigenvalue weighted by molar-refractivity contribution is -0.121. The zero-order valence-corrected chi connectivity index (χ0v) is 20.0. The van der Waals surface area contributed by atoms with E-state index < -0.39 is 23.1 Å². The summed E-state index contributed by atoms with van der Waals surface area (Å²) in [4.78, 5) is 31.6. The van der Waals surface area contributed by atoms with Gasteiger partial charge in [0.05, 0.1) is 13.2 Å². The van der Waals surface area contributed by atoms with Gasteiger partial charge in [-0.3, -0.25) is 10.1 Å². The van der Waals surface area contributed by atoms with Gasteiger partial charge in [0.15, 0.2) is 5.13 Å². The van der Waals surface area contributed by atoms with Crippen LogP contribution in [-0.4, -0.2) is 53.7 Å². The molecule has 8 nitrogen and oxygen atoms in total. The number of nitrogens with zero attached hydrogens (tertiary/aromatic N) is 2. The largest absolute Gasteiger partial charge is 0.444 e. The summed E-state index contributed by atoms with van der Waals surface area (Å²) in [5.41, 5.74) is -0.292. The van der Waals surface area contributed by atoms with E-state index in [2.05, 4.69) is 15.6 Å². The number of halogens is 2. The fourth-order valence-electron chi connectivity index (χ4n) is 3.25. The van der Waals surface area contributed by atoms with Gasteiger partial charge in [-0.25, -0.2) is 18.6 Å². The average Bonchev–Trinajstić information content (AvgIpc) is 3.23. The van der Waals surface area contributed by atoms with Crippen LogP contribution in [0.2, 0.25) is 0 Å². The zero-order chi connectivity index (χ0) is 25.0. The van der Waals surface area contributed by atoms with Crippen molar-refractivity contribution in [2.45, 2.75) is 19.4 Å². The van der Waals surface area contributed by atoms with Crippen molar-refractivity contribution in [1.29, 1.82) is 0 Å². The van der Waals surface area contributed by atoms with Gasteiger partial charge >= 0.3 is 6.03 Å². The molecule has 0 atom stereocenters. The Hall–Kier alpha value is -3.57. The molecule has 0 unspecified atom stereocenters. The number of ether oxygens (including phenoxy) is 2. The van der Waals surface area contributed by atoms with E-state index in [1.54, 1.807) is 30.9 Å². The lowest BCUT2D eigenvalue weighted by Crippen LogP contribution is -2.57. The first-order valence-corrected chi connectivity index (χ1v) is 11.7. The minimum absolute atomic E-state index is 0.222. The molecule has 4 rings (SSSR count). The fraction of sp³-hybridized carbons (Fsp3) is 0.292. The minimum atomic E-state index is -1.24. The third-order valence-corrected chi connectivity index (χ3v) is 6.09. The van der Waals surface area contributed by atoms with E-state index in [1.807, 2.05) is 0 Å². The Morgan fingerprint density at radius 2 is 1.63 bits per heavy atom. The third kappa shape index (κ3) is 6.11. The van der Waals surface area contributed by atoms with Crippen molar-refractivity contribution in [3.63, 3.8) is 0 Å². The van der Waals surface area contributed by atoms with Gasteiger partial charge in [0.2, 0.25) is 5.06 Å². The van der Waals surface area contributed by atoms with Crippen molar-refractivity contribution in [3.8, 4) is 22.1 Å². The smallest absolute Gasteiger partial charge is 0.318 e. The Bertz CT molecular complexity index is 1190. The maximum Gasteiger partial charge on any atom is 0.318 e. The molecular weight excluding hydrogens is 478 g/mol. The monoisotopic (exact) mass is 502 g/mol. The van der Waals surface area contributed by atoms with E-state index in [4.69, 9.17) is 9.47 Å². The summed E-state index contributed by atoms with van der Waals surface area (Å²) in [6.45, 7) is 4.96. The van der Waals surface area contributed by atoms with Gasteiger partial charge in [-0.1, -0.05) is 11.3 Å². The first-order chi connectivity index (χ1) is 16.7. The Kier molecular flexibility index (Phi) is 7.27. The highest BCUT2D eigenvalue weighted by Crippen LogP contribution is 2.40. The van der Waals surface area contributed by atoms with Crippen molar-refractivity contribution in [3.05, 3.63) is 60.2 Å². The van der Waals surface area contributed by atoms with Crippen molar-refractivity contribution >= 4 is 28.4 Å². The normalized spacial score (nSPS) is 13.9. The van der Waals surface area contributed by atoms with Crippen LogP contribution in [-0.2, 0) is 9.53 Å². The van der Waals surface area contributed by atoms with Crippen LogP contribution in [0.1, 0.15) is 13.8 Å². The topological polar surface area (TPSA) is 92.8 Å². The number of amides is 3. The molecule has 3 aromatic rings. The molecule has 1 aliphatic heterocycles. The summed E-state index contributed by atoms with van der Waals surface area (Å²) in [7, 11) is 0. The van der Waals surface area contributed by atoms with Crippen molar-refractivity contribution in [1.82, 2.24) is 15.2 Å². The predicted octanol–water partition coefficient (Wildman–Crippen LogP) is 4.64. The number of aromatic nitrogens is 1. The van der Waals surface area contributed by atoms with Gasteiger partial charge in [-0.15, -0.1) is 0 Å². The Morgan fingerprint density at radius 3 is 2.26 bits per heavy atom. The SMILES string of the molecule is CC(C)(NC(=O)N1CCOCC1)C(=O)Nc1nc(-c2ccc(F)cc2)c(Oc2ccc(F)cc2)s1. The van der Waals surface area contributed by atoms with Crippen LogP contribution < -0.4 is 15.4 Å². The molecule has 2 N–H and O–H groups in total. The van der Waals surface area contributed by atoms with Crippen LogP contribution in [0.15, 0.2) is 48.5 Å². The summed E-state index contributed by atoms with van der Waals surface area (Å²) < 4.78 is 37.9. The highest BCUT2D eigenvalue weighted by Gasteiger charge is 2.33. The Balaban J connectivity index is 1.54. The Labute approximate surface area is 204 Å². The van der Waals surface area contributed by atoms with E-state index in [0.717, 1.165) is 11.3 Å². The van der Waals surface area contributed by atoms with Crippen LogP contribution >= 0.6 is 11.3 Å². The van der Waals surface area contributed by atoms with Crippen LogP contribution in [0.4, 0.5) is 18.7 Å². The van der Waals surface area contributed by atoms with E-state index >= 15 is 0 Å². The molecule has 2 aromatic carbocycles. The third-order valence-electron chi connectivity index (χ3n) is 5.24. The van der Waals surface area contributed by atoms with E-state index in [9.17, 15) is 18.4 Å². The summed E-state index contributed by atoms with van der Waals surface area (Å²) in [5.74, 6) is -0.924. The molecule has 1 saturated heterocycles. The number of thiazole rings is 1. The van der Waals surface area contributed by atoms with Gasteiger partial charge < -0.3 is 19.7 Å². The van der Waals surface area contributed by atoms with Gasteiger partial charge in [0, 0.05) is 18.7 Å². The molecule has 1 aromatic heterocycles. The predicted molar refractivity (Wildman–Crippen MR) is 128 cm³/mol.